The molecule has 0 aliphatic carbocycles. The van der Waals surface area contributed by atoms with Crippen LogP contribution in [0.2, 0.25) is 0 Å². The molecule has 0 unspecified atom stereocenters. The van der Waals surface area contributed by atoms with Gasteiger partial charge < -0.3 is 4.90 Å². The van der Waals surface area contributed by atoms with Crippen molar-refractivity contribution in [2.45, 2.75) is 6.92 Å². The maximum atomic E-state index is 13.3. The zero-order chi connectivity index (χ0) is 13.8. The maximum absolute atomic E-state index is 13.3. The van der Waals surface area contributed by atoms with Crippen LogP contribution in [0.3, 0.4) is 0 Å². The van der Waals surface area contributed by atoms with E-state index < -0.39 is 5.82 Å². The molecule has 0 fully saturated rings. The zero-order valence-electron chi connectivity index (χ0n) is 10.3. The van der Waals surface area contributed by atoms with E-state index in [0.29, 0.717) is 16.6 Å². The molecule has 1 heterocycles. The number of hydrogen-bond acceptors (Lipinski definition) is 2. The Kier molecular flexibility index (Phi) is 4.27. The SMILES string of the molecule is CCN(C(=O)c1cc(F)ccc1Br)c1ccncc1. The molecule has 5 heteroatoms. The Labute approximate surface area is 119 Å². The summed E-state index contributed by atoms with van der Waals surface area (Å²) < 4.78 is 13.9. The second-order valence-electron chi connectivity index (χ2n) is 3.88. The molecule has 1 amide bonds. The number of carbonyl (C=O) groups is 1. The first-order valence-corrected chi connectivity index (χ1v) is 6.59. The molecule has 0 N–H and O–H groups in total. The van der Waals surface area contributed by atoms with Crippen molar-refractivity contribution in [2.24, 2.45) is 0 Å². The summed E-state index contributed by atoms with van der Waals surface area (Å²) in [4.78, 5) is 17.9. The quantitative estimate of drug-likeness (QED) is 0.864. The number of aromatic nitrogens is 1. The number of hydrogen-bond donors (Lipinski definition) is 0. The van der Waals surface area contributed by atoms with Crippen molar-refractivity contribution in [2.75, 3.05) is 11.4 Å². The fourth-order valence-corrected chi connectivity index (χ4v) is 2.19. The van der Waals surface area contributed by atoms with Crippen molar-refractivity contribution in [3.63, 3.8) is 0 Å². The fraction of sp³-hybridized carbons (Fsp3) is 0.143. The van der Waals surface area contributed by atoms with E-state index >= 15 is 0 Å². The smallest absolute Gasteiger partial charge is 0.259 e. The molecule has 0 aliphatic heterocycles. The van der Waals surface area contributed by atoms with E-state index in [1.54, 1.807) is 29.4 Å². The van der Waals surface area contributed by atoms with Gasteiger partial charge in [-0.1, -0.05) is 0 Å². The number of amides is 1. The first-order valence-electron chi connectivity index (χ1n) is 5.80. The lowest BCUT2D eigenvalue weighted by Gasteiger charge is -2.21. The molecule has 0 bridgehead atoms. The van der Waals surface area contributed by atoms with Crippen LogP contribution in [-0.2, 0) is 0 Å². The van der Waals surface area contributed by atoms with Crippen LogP contribution < -0.4 is 4.90 Å². The van der Waals surface area contributed by atoms with E-state index in [4.69, 9.17) is 0 Å². The number of nitrogens with zero attached hydrogens (tertiary/aromatic N) is 2. The normalized spacial score (nSPS) is 10.3. The summed E-state index contributed by atoms with van der Waals surface area (Å²) in [7, 11) is 0. The number of halogens is 2. The van der Waals surface area contributed by atoms with E-state index in [-0.39, 0.29) is 5.91 Å². The van der Waals surface area contributed by atoms with Crippen LogP contribution in [0.4, 0.5) is 10.1 Å². The van der Waals surface area contributed by atoms with Gasteiger partial charge >= 0.3 is 0 Å². The van der Waals surface area contributed by atoms with E-state index in [2.05, 4.69) is 20.9 Å². The van der Waals surface area contributed by atoms with Gasteiger partial charge in [0.2, 0.25) is 0 Å². The highest BCUT2D eigenvalue weighted by atomic mass is 79.9. The van der Waals surface area contributed by atoms with Crippen molar-refractivity contribution >= 4 is 27.5 Å². The molecule has 0 spiro atoms. The molecule has 1 aromatic heterocycles. The number of rotatable bonds is 3. The summed E-state index contributed by atoms with van der Waals surface area (Å²) >= 11 is 3.27. The highest BCUT2D eigenvalue weighted by Crippen LogP contribution is 2.22. The Balaban J connectivity index is 2.39. The predicted octanol–water partition coefficient (Wildman–Crippen LogP) is 3.65. The molecular formula is C14H12BrFN2O. The van der Waals surface area contributed by atoms with Crippen LogP contribution in [0.15, 0.2) is 47.2 Å². The molecule has 2 aromatic rings. The van der Waals surface area contributed by atoms with E-state index in [1.807, 2.05) is 6.92 Å². The Bertz CT molecular complexity index is 589. The van der Waals surface area contributed by atoms with E-state index in [9.17, 15) is 9.18 Å². The third-order valence-corrected chi connectivity index (χ3v) is 3.39. The van der Waals surface area contributed by atoms with Crippen LogP contribution in [0.5, 0.6) is 0 Å². The summed E-state index contributed by atoms with van der Waals surface area (Å²) in [5.74, 6) is -0.683. The maximum Gasteiger partial charge on any atom is 0.259 e. The average Bonchev–Trinajstić information content (AvgIpc) is 2.43. The van der Waals surface area contributed by atoms with Gasteiger partial charge in [-0.2, -0.15) is 0 Å². The van der Waals surface area contributed by atoms with Gasteiger partial charge in [0.25, 0.3) is 5.91 Å². The van der Waals surface area contributed by atoms with Crippen molar-refractivity contribution in [3.05, 3.63) is 58.6 Å². The standard InChI is InChI=1S/C14H12BrFN2O/c1-2-18(11-5-7-17-8-6-11)14(19)12-9-10(16)3-4-13(12)15/h3-9H,2H2,1H3. The van der Waals surface area contributed by atoms with E-state index in [0.717, 1.165) is 5.69 Å². The second kappa shape index (κ2) is 5.93. The monoisotopic (exact) mass is 322 g/mol. The summed E-state index contributed by atoms with van der Waals surface area (Å²) in [6.45, 7) is 2.36. The fourth-order valence-electron chi connectivity index (χ4n) is 1.77. The van der Waals surface area contributed by atoms with Gasteiger partial charge in [-0.05, 0) is 53.2 Å². The van der Waals surface area contributed by atoms with Crippen LogP contribution in [0, 0.1) is 5.82 Å². The second-order valence-corrected chi connectivity index (χ2v) is 4.73. The lowest BCUT2D eigenvalue weighted by Crippen LogP contribution is -2.31. The zero-order valence-corrected chi connectivity index (χ0v) is 11.9. The summed E-state index contributed by atoms with van der Waals surface area (Å²) in [6.07, 6.45) is 3.23. The highest BCUT2D eigenvalue weighted by Gasteiger charge is 2.19. The lowest BCUT2D eigenvalue weighted by atomic mass is 10.2. The third-order valence-electron chi connectivity index (χ3n) is 2.69. The number of carbonyl (C=O) groups excluding carboxylic acids is 1. The average molecular weight is 323 g/mol. The Morgan fingerprint density at radius 2 is 2.00 bits per heavy atom. The van der Waals surface area contributed by atoms with Crippen LogP contribution >= 0.6 is 15.9 Å². The predicted molar refractivity (Wildman–Crippen MR) is 75.7 cm³/mol. The summed E-state index contributed by atoms with van der Waals surface area (Å²) in [6, 6.07) is 7.56. The van der Waals surface area contributed by atoms with Gasteiger partial charge in [-0.25, -0.2) is 4.39 Å². The number of benzene rings is 1. The molecule has 19 heavy (non-hydrogen) atoms. The van der Waals surface area contributed by atoms with Crippen molar-refractivity contribution < 1.29 is 9.18 Å². The van der Waals surface area contributed by atoms with Crippen LogP contribution in [-0.4, -0.2) is 17.4 Å². The Morgan fingerprint density at radius 3 is 2.63 bits per heavy atom. The molecule has 98 valence electrons. The van der Waals surface area contributed by atoms with Gasteiger partial charge in [0, 0.05) is 29.1 Å². The minimum atomic E-state index is -0.433. The van der Waals surface area contributed by atoms with E-state index in [1.165, 1.54) is 18.2 Å². The molecule has 3 nitrogen and oxygen atoms in total. The van der Waals surface area contributed by atoms with Gasteiger partial charge in [-0.3, -0.25) is 9.78 Å². The first-order chi connectivity index (χ1) is 9.13. The van der Waals surface area contributed by atoms with Crippen molar-refractivity contribution in [1.29, 1.82) is 0 Å². The molecule has 0 atom stereocenters. The molecule has 1 aromatic carbocycles. The van der Waals surface area contributed by atoms with Gasteiger partial charge in [0.05, 0.1) is 5.56 Å². The molecule has 2 rings (SSSR count). The Hall–Kier alpha value is -1.75. The lowest BCUT2D eigenvalue weighted by molar-refractivity contribution is 0.0987. The molecule has 0 saturated heterocycles. The van der Waals surface area contributed by atoms with Gasteiger partial charge in [-0.15, -0.1) is 0 Å². The van der Waals surface area contributed by atoms with Crippen molar-refractivity contribution in [1.82, 2.24) is 4.98 Å². The van der Waals surface area contributed by atoms with Crippen molar-refractivity contribution in [3.8, 4) is 0 Å². The van der Waals surface area contributed by atoms with Crippen LogP contribution in [0.25, 0.3) is 0 Å². The summed E-state index contributed by atoms with van der Waals surface area (Å²) in [5.41, 5.74) is 1.04. The molecular weight excluding hydrogens is 311 g/mol. The third kappa shape index (κ3) is 2.98. The minimum Gasteiger partial charge on any atom is -0.309 e. The number of anilines is 1. The van der Waals surface area contributed by atoms with Gasteiger partial charge in [0.15, 0.2) is 0 Å². The molecule has 0 aliphatic rings. The largest absolute Gasteiger partial charge is 0.309 e. The number of pyridine rings is 1. The molecule has 0 radical (unpaired) electrons. The van der Waals surface area contributed by atoms with Gasteiger partial charge in [0.1, 0.15) is 5.82 Å². The summed E-state index contributed by atoms with van der Waals surface area (Å²) in [5, 5.41) is 0. The molecule has 0 saturated carbocycles. The Morgan fingerprint density at radius 1 is 1.32 bits per heavy atom. The van der Waals surface area contributed by atoms with Crippen LogP contribution in [0.1, 0.15) is 17.3 Å². The minimum absolute atomic E-state index is 0.250. The first kappa shape index (κ1) is 13.7. The highest BCUT2D eigenvalue weighted by molar-refractivity contribution is 9.10. The topological polar surface area (TPSA) is 33.2 Å².